The van der Waals surface area contributed by atoms with Gasteiger partial charge in [-0.3, -0.25) is 0 Å². The van der Waals surface area contributed by atoms with Gasteiger partial charge in [-0.2, -0.15) is 0 Å². The first-order valence-corrected chi connectivity index (χ1v) is 4.54. The predicted molar refractivity (Wildman–Crippen MR) is 48.3 cm³/mol. The fourth-order valence-corrected chi connectivity index (χ4v) is 1.71. The molecule has 1 aliphatic heterocycles. The van der Waals surface area contributed by atoms with Crippen molar-refractivity contribution in [1.29, 1.82) is 0 Å². The molecule has 76 valence electrons. The number of nitrogens with zero attached hydrogens (tertiary/aromatic N) is 2. The largest absolute Gasteiger partial charge is 0.476 e. The molecule has 0 amide bonds. The van der Waals surface area contributed by atoms with Gasteiger partial charge in [0.1, 0.15) is 6.26 Å². The maximum absolute atomic E-state index is 10.6. The van der Waals surface area contributed by atoms with Gasteiger partial charge in [0.2, 0.25) is 0 Å². The van der Waals surface area contributed by atoms with Gasteiger partial charge in [-0.25, -0.2) is 9.78 Å². The maximum Gasteiger partial charge on any atom is 0.357 e. The smallest absolute Gasteiger partial charge is 0.357 e. The van der Waals surface area contributed by atoms with Gasteiger partial charge >= 0.3 is 5.97 Å². The first kappa shape index (κ1) is 9.21. The Morgan fingerprint density at radius 2 is 2.57 bits per heavy atom. The molecule has 0 saturated carbocycles. The van der Waals surface area contributed by atoms with Crippen molar-refractivity contribution >= 4 is 5.97 Å². The third kappa shape index (κ3) is 1.63. The first-order valence-electron chi connectivity index (χ1n) is 4.54. The van der Waals surface area contributed by atoms with Crippen molar-refractivity contribution in [2.24, 2.45) is 0 Å². The van der Waals surface area contributed by atoms with Gasteiger partial charge < -0.3 is 14.4 Å². The third-order valence-corrected chi connectivity index (χ3v) is 2.48. The van der Waals surface area contributed by atoms with Gasteiger partial charge in [0.25, 0.3) is 0 Å². The van der Waals surface area contributed by atoms with Crippen LogP contribution in [0.2, 0.25) is 0 Å². The second-order valence-corrected chi connectivity index (χ2v) is 3.62. The molecule has 0 radical (unpaired) electrons. The van der Waals surface area contributed by atoms with Gasteiger partial charge in [0.15, 0.2) is 11.6 Å². The van der Waals surface area contributed by atoms with E-state index >= 15 is 0 Å². The summed E-state index contributed by atoms with van der Waals surface area (Å²) in [6.45, 7) is 1.90. The lowest BCUT2D eigenvalue weighted by Gasteiger charge is -2.05. The number of carboxylic acids is 1. The first-order chi connectivity index (χ1) is 6.66. The SMILES string of the molecule is CN1CCC(c2nc(C(=O)O)co2)C1. The Hall–Kier alpha value is -1.36. The van der Waals surface area contributed by atoms with E-state index in [9.17, 15) is 4.79 Å². The van der Waals surface area contributed by atoms with Gasteiger partial charge in [-0.15, -0.1) is 0 Å². The molecule has 1 N–H and O–H groups in total. The van der Waals surface area contributed by atoms with Crippen LogP contribution in [0.1, 0.15) is 28.7 Å². The number of oxazole rings is 1. The van der Waals surface area contributed by atoms with Crippen molar-refractivity contribution in [1.82, 2.24) is 9.88 Å². The van der Waals surface area contributed by atoms with Crippen molar-refractivity contribution in [3.63, 3.8) is 0 Å². The molecule has 0 bridgehead atoms. The number of aromatic carboxylic acids is 1. The molecule has 5 nitrogen and oxygen atoms in total. The summed E-state index contributed by atoms with van der Waals surface area (Å²) in [7, 11) is 2.03. The summed E-state index contributed by atoms with van der Waals surface area (Å²) in [5.41, 5.74) is -0.00504. The van der Waals surface area contributed by atoms with Crippen molar-refractivity contribution in [3.8, 4) is 0 Å². The highest BCUT2D eigenvalue weighted by atomic mass is 16.4. The summed E-state index contributed by atoms with van der Waals surface area (Å²) in [6, 6.07) is 0. The molecule has 5 heteroatoms. The minimum absolute atomic E-state index is 0.00504. The van der Waals surface area contributed by atoms with E-state index in [0.717, 1.165) is 19.5 Å². The van der Waals surface area contributed by atoms with Crippen molar-refractivity contribution in [2.45, 2.75) is 12.3 Å². The van der Waals surface area contributed by atoms with E-state index in [2.05, 4.69) is 9.88 Å². The van der Waals surface area contributed by atoms with Gasteiger partial charge in [0.05, 0.1) is 0 Å². The molecule has 1 unspecified atom stereocenters. The molecular formula is C9H12N2O3. The molecule has 0 aromatic carbocycles. The molecule has 1 fully saturated rings. The van der Waals surface area contributed by atoms with Crippen LogP contribution in [0, 0.1) is 0 Å². The Morgan fingerprint density at radius 1 is 1.79 bits per heavy atom. The predicted octanol–water partition coefficient (Wildman–Crippen LogP) is 0.792. The second-order valence-electron chi connectivity index (χ2n) is 3.62. The van der Waals surface area contributed by atoms with Gasteiger partial charge in [0, 0.05) is 12.5 Å². The number of carboxylic acid groups (broad SMARTS) is 1. The van der Waals surface area contributed by atoms with E-state index in [1.54, 1.807) is 0 Å². The van der Waals surface area contributed by atoms with Gasteiger partial charge in [-0.05, 0) is 20.0 Å². The Morgan fingerprint density at radius 3 is 3.07 bits per heavy atom. The number of hydrogen-bond donors (Lipinski definition) is 1. The molecule has 0 spiro atoms. The molecule has 0 aliphatic carbocycles. The molecule has 1 atom stereocenters. The normalized spacial score (nSPS) is 22.8. The minimum Gasteiger partial charge on any atom is -0.476 e. The van der Waals surface area contributed by atoms with Crippen LogP contribution in [0.15, 0.2) is 10.7 Å². The molecule has 1 aliphatic rings. The quantitative estimate of drug-likeness (QED) is 0.757. The molecule has 14 heavy (non-hydrogen) atoms. The standard InChI is InChI=1S/C9H12N2O3/c1-11-3-2-6(4-11)8-10-7(5-14-8)9(12)13/h5-6H,2-4H2,1H3,(H,12,13). The zero-order valence-corrected chi connectivity index (χ0v) is 7.93. The third-order valence-electron chi connectivity index (χ3n) is 2.48. The van der Waals surface area contributed by atoms with E-state index in [0.29, 0.717) is 5.89 Å². The zero-order chi connectivity index (χ0) is 10.1. The average Bonchev–Trinajstić information content (AvgIpc) is 2.70. The highest BCUT2D eigenvalue weighted by molar-refractivity contribution is 5.84. The summed E-state index contributed by atoms with van der Waals surface area (Å²) in [5, 5.41) is 8.66. The van der Waals surface area contributed by atoms with Gasteiger partial charge in [-0.1, -0.05) is 0 Å². The summed E-state index contributed by atoms with van der Waals surface area (Å²) in [4.78, 5) is 16.7. The van der Waals surface area contributed by atoms with E-state index in [4.69, 9.17) is 9.52 Å². The summed E-state index contributed by atoms with van der Waals surface area (Å²) < 4.78 is 5.14. The molecule has 1 aromatic rings. The Bertz CT molecular complexity index is 348. The van der Waals surface area contributed by atoms with Crippen molar-refractivity contribution in [2.75, 3.05) is 20.1 Å². The average molecular weight is 196 g/mol. The number of hydrogen-bond acceptors (Lipinski definition) is 4. The fraction of sp³-hybridized carbons (Fsp3) is 0.556. The fourth-order valence-electron chi connectivity index (χ4n) is 1.71. The lowest BCUT2D eigenvalue weighted by Crippen LogP contribution is -2.13. The van der Waals surface area contributed by atoms with Crippen molar-refractivity contribution < 1.29 is 14.3 Å². The zero-order valence-electron chi connectivity index (χ0n) is 7.93. The number of rotatable bonds is 2. The lowest BCUT2D eigenvalue weighted by molar-refractivity contribution is 0.0690. The topological polar surface area (TPSA) is 66.6 Å². The molecule has 2 heterocycles. The van der Waals surface area contributed by atoms with Crippen molar-refractivity contribution in [3.05, 3.63) is 17.8 Å². The number of aromatic nitrogens is 1. The van der Waals surface area contributed by atoms with Crippen LogP contribution >= 0.6 is 0 Å². The van der Waals surface area contributed by atoms with E-state index < -0.39 is 5.97 Å². The van der Waals surface area contributed by atoms with E-state index in [1.165, 1.54) is 6.26 Å². The number of likely N-dealkylation sites (tertiary alicyclic amines) is 1. The highest BCUT2D eigenvalue weighted by Crippen LogP contribution is 2.25. The van der Waals surface area contributed by atoms with Crippen LogP contribution in [0.4, 0.5) is 0 Å². The lowest BCUT2D eigenvalue weighted by atomic mass is 10.1. The van der Waals surface area contributed by atoms with Crippen LogP contribution in [0.5, 0.6) is 0 Å². The Balaban J connectivity index is 2.13. The summed E-state index contributed by atoms with van der Waals surface area (Å²) in [6.07, 6.45) is 2.19. The molecule has 2 rings (SSSR count). The van der Waals surface area contributed by atoms with Crippen LogP contribution in [-0.4, -0.2) is 41.1 Å². The molecule has 1 aromatic heterocycles. The Labute approximate surface area is 81.3 Å². The highest BCUT2D eigenvalue weighted by Gasteiger charge is 2.26. The van der Waals surface area contributed by atoms with Crippen LogP contribution in [0.25, 0.3) is 0 Å². The second kappa shape index (κ2) is 3.42. The molecule has 1 saturated heterocycles. The number of carbonyl (C=O) groups is 1. The van der Waals surface area contributed by atoms with E-state index in [1.807, 2.05) is 7.05 Å². The maximum atomic E-state index is 10.6. The van der Waals surface area contributed by atoms with Crippen LogP contribution in [0.3, 0.4) is 0 Å². The summed E-state index contributed by atoms with van der Waals surface area (Å²) >= 11 is 0. The van der Waals surface area contributed by atoms with Crippen LogP contribution in [-0.2, 0) is 0 Å². The Kier molecular flexibility index (Phi) is 2.25. The van der Waals surface area contributed by atoms with Crippen LogP contribution < -0.4 is 0 Å². The van der Waals surface area contributed by atoms with E-state index in [-0.39, 0.29) is 11.6 Å². The summed E-state index contributed by atoms with van der Waals surface area (Å²) in [5.74, 6) is -0.244. The molecular weight excluding hydrogens is 184 g/mol. The monoisotopic (exact) mass is 196 g/mol. The number of likely N-dealkylation sites (N-methyl/N-ethyl adjacent to an activating group) is 1. The minimum atomic E-state index is -1.04.